The molecule has 0 aromatic carbocycles. The molecule has 4 atom stereocenters. The summed E-state index contributed by atoms with van der Waals surface area (Å²) in [5.41, 5.74) is 2.36. The first-order valence-electron chi connectivity index (χ1n) is 9.54. The normalized spacial score (nSPS) is 51.1. The van der Waals surface area contributed by atoms with Gasteiger partial charge in [-0.2, -0.15) is 0 Å². The van der Waals surface area contributed by atoms with Gasteiger partial charge in [-0.25, -0.2) is 0 Å². The Bertz CT molecular complexity index is 718. The van der Waals surface area contributed by atoms with Crippen LogP contribution in [0, 0.1) is 10.8 Å². The number of ether oxygens (including phenoxy) is 5. The molecular weight excluding hydrogens is 320 g/mol. The molecule has 0 N–H and O–H groups in total. The third-order valence-electron chi connectivity index (χ3n) is 7.54. The summed E-state index contributed by atoms with van der Waals surface area (Å²) in [7, 11) is 0. The maximum Gasteiger partial charge on any atom is 0.174 e. The monoisotopic (exact) mass is 346 g/mol. The van der Waals surface area contributed by atoms with Gasteiger partial charge in [0.15, 0.2) is 11.6 Å². The minimum Gasteiger partial charge on any atom is -0.380 e. The molecule has 0 radical (unpaired) electrons. The van der Waals surface area contributed by atoms with Crippen LogP contribution in [0.3, 0.4) is 0 Å². The van der Waals surface area contributed by atoms with Gasteiger partial charge in [0, 0.05) is 5.41 Å². The fourth-order valence-electron chi connectivity index (χ4n) is 6.43. The fourth-order valence-corrected chi connectivity index (χ4v) is 6.43. The Balaban J connectivity index is 1.47. The minimum absolute atomic E-state index is 0.0267. The standard InChI is InChI=1S/C20H26O5/c1-16(2)24-15-14(13-6-4-5-7-20(13,15)25-16)18-10-19(18,12-21-11-18)17(3)22-8-9-23-17/h4,6,15H,5,7-12H2,1-3H3/t15-,18-,19-,20+/m0/s1. The lowest BCUT2D eigenvalue weighted by Gasteiger charge is -2.50. The summed E-state index contributed by atoms with van der Waals surface area (Å²) in [4.78, 5) is 0. The lowest BCUT2D eigenvalue weighted by Crippen LogP contribution is -2.56. The van der Waals surface area contributed by atoms with Gasteiger partial charge in [-0.3, -0.25) is 0 Å². The molecule has 0 unspecified atom stereocenters. The largest absolute Gasteiger partial charge is 0.380 e. The highest BCUT2D eigenvalue weighted by atomic mass is 16.8. The molecule has 4 fully saturated rings. The molecule has 0 aromatic rings. The van der Waals surface area contributed by atoms with Crippen LogP contribution < -0.4 is 0 Å². The Morgan fingerprint density at radius 2 is 1.88 bits per heavy atom. The second-order valence-electron chi connectivity index (χ2n) is 9.13. The van der Waals surface area contributed by atoms with Crippen LogP contribution >= 0.6 is 0 Å². The van der Waals surface area contributed by atoms with E-state index in [4.69, 9.17) is 23.7 Å². The van der Waals surface area contributed by atoms with Crippen molar-refractivity contribution in [1.29, 1.82) is 0 Å². The summed E-state index contributed by atoms with van der Waals surface area (Å²) in [5, 5.41) is 0. The second-order valence-corrected chi connectivity index (χ2v) is 9.13. The lowest BCUT2D eigenvalue weighted by molar-refractivity contribution is -0.200. The smallest absolute Gasteiger partial charge is 0.174 e. The van der Waals surface area contributed by atoms with Crippen LogP contribution in [0.2, 0.25) is 0 Å². The molecule has 1 spiro atoms. The van der Waals surface area contributed by atoms with Crippen molar-refractivity contribution in [3.63, 3.8) is 0 Å². The van der Waals surface area contributed by atoms with E-state index in [0.29, 0.717) is 19.8 Å². The molecule has 5 nitrogen and oxygen atoms in total. The zero-order chi connectivity index (χ0) is 17.1. The van der Waals surface area contributed by atoms with Crippen molar-refractivity contribution in [1.82, 2.24) is 0 Å². The molecule has 0 bridgehead atoms. The van der Waals surface area contributed by atoms with Gasteiger partial charge in [0.25, 0.3) is 0 Å². The Hall–Kier alpha value is -0.720. The summed E-state index contributed by atoms with van der Waals surface area (Å²) < 4.78 is 31.0. The van der Waals surface area contributed by atoms with Crippen molar-refractivity contribution >= 4 is 0 Å². The van der Waals surface area contributed by atoms with Crippen molar-refractivity contribution in [3.8, 4) is 0 Å². The first-order valence-corrected chi connectivity index (χ1v) is 9.54. The quantitative estimate of drug-likeness (QED) is 0.769. The zero-order valence-electron chi connectivity index (χ0n) is 15.2. The predicted molar refractivity (Wildman–Crippen MR) is 88.8 cm³/mol. The van der Waals surface area contributed by atoms with Crippen LogP contribution in [-0.4, -0.2) is 49.7 Å². The van der Waals surface area contributed by atoms with E-state index in [0.717, 1.165) is 25.9 Å². The molecule has 3 saturated heterocycles. The number of hydrogen-bond acceptors (Lipinski definition) is 5. The SMILES string of the molecule is CC1(C)O[C@H]2C([C@]34COC[C@]3(C3(C)OCCO3)C4)=C3C=CCC[C@@]32O1. The average molecular weight is 346 g/mol. The first kappa shape index (κ1) is 15.3. The minimum atomic E-state index is -0.553. The van der Waals surface area contributed by atoms with Crippen molar-refractivity contribution in [2.75, 3.05) is 26.4 Å². The molecule has 5 heteroatoms. The molecule has 0 aromatic heterocycles. The number of fused-ring (bicyclic) bond motifs is 1. The molecule has 3 aliphatic carbocycles. The summed E-state index contributed by atoms with van der Waals surface area (Å²) in [6.07, 6.45) is 7.69. The van der Waals surface area contributed by atoms with E-state index >= 15 is 0 Å². The highest BCUT2D eigenvalue weighted by molar-refractivity contribution is 5.59. The van der Waals surface area contributed by atoms with Crippen LogP contribution in [0.4, 0.5) is 0 Å². The third-order valence-corrected chi connectivity index (χ3v) is 7.54. The first-order chi connectivity index (χ1) is 11.9. The van der Waals surface area contributed by atoms with Crippen LogP contribution in [0.25, 0.3) is 0 Å². The molecule has 3 aliphatic heterocycles. The predicted octanol–water partition coefficient (Wildman–Crippen LogP) is 2.71. The van der Waals surface area contributed by atoms with E-state index in [1.807, 2.05) is 13.8 Å². The van der Waals surface area contributed by atoms with Gasteiger partial charge in [-0.05, 0) is 51.2 Å². The molecule has 1 saturated carbocycles. The summed E-state index contributed by atoms with van der Waals surface area (Å²) in [6.45, 7) is 8.93. The van der Waals surface area contributed by atoms with Gasteiger partial charge < -0.3 is 23.7 Å². The molecule has 25 heavy (non-hydrogen) atoms. The van der Waals surface area contributed by atoms with Crippen molar-refractivity contribution < 1.29 is 23.7 Å². The number of allylic oxidation sites excluding steroid dienone is 1. The maximum atomic E-state index is 6.44. The zero-order valence-corrected chi connectivity index (χ0v) is 15.2. The average Bonchev–Trinajstić information content (AvgIpc) is 2.86. The third kappa shape index (κ3) is 1.52. The highest BCUT2D eigenvalue weighted by Gasteiger charge is 2.85. The number of hydrogen-bond donors (Lipinski definition) is 0. The second kappa shape index (κ2) is 4.23. The van der Waals surface area contributed by atoms with Crippen LogP contribution in [0.15, 0.2) is 23.3 Å². The summed E-state index contributed by atoms with van der Waals surface area (Å²) >= 11 is 0. The van der Waals surface area contributed by atoms with Crippen LogP contribution in [0.5, 0.6) is 0 Å². The van der Waals surface area contributed by atoms with Crippen molar-refractivity contribution in [2.45, 2.75) is 63.3 Å². The molecule has 136 valence electrons. The van der Waals surface area contributed by atoms with Crippen molar-refractivity contribution in [3.05, 3.63) is 23.3 Å². The molecule has 6 rings (SSSR count). The Kier molecular flexibility index (Phi) is 2.60. The molecule has 0 amide bonds. The van der Waals surface area contributed by atoms with Gasteiger partial charge in [0.05, 0.1) is 31.8 Å². The van der Waals surface area contributed by atoms with E-state index in [2.05, 4.69) is 19.1 Å². The van der Waals surface area contributed by atoms with E-state index in [-0.39, 0.29) is 22.5 Å². The maximum absolute atomic E-state index is 6.44. The Morgan fingerprint density at radius 1 is 1.08 bits per heavy atom. The van der Waals surface area contributed by atoms with E-state index < -0.39 is 11.6 Å². The Morgan fingerprint density at radius 3 is 2.68 bits per heavy atom. The van der Waals surface area contributed by atoms with Crippen LogP contribution in [0.1, 0.15) is 40.0 Å². The van der Waals surface area contributed by atoms with Crippen molar-refractivity contribution in [2.24, 2.45) is 10.8 Å². The van der Waals surface area contributed by atoms with Gasteiger partial charge in [0.1, 0.15) is 11.7 Å². The van der Waals surface area contributed by atoms with Gasteiger partial charge >= 0.3 is 0 Å². The van der Waals surface area contributed by atoms with E-state index in [1.54, 1.807) is 0 Å². The van der Waals surface area contributed by atoms with Crippen LogP contribution in [-0.2, 0) is 23.7 Å². The van der Waals surface area contributed by atoms with E-state index in [9.17, 15) is 0 Å². The highest BCUT2D eigenvalue weighted by Crippen LogP contribution is 2.81. The molecule has 6 aliphatic rings. The summed E-state index contributed by atoms with van der Waals surface area (Å²) in [5.74, 6) is -1.09. The van der Waals surface area contributed by atoms with Gasteiger partial charge in [-0.1, -0.05) is 12.2 Å². The topological polar surface area (TPSA) is 46.2 Å². The lowest BCUT2D eigenvalue weighted by atomic mass is 9.60. The molecular formula is C20H26O5. The number of rotatable bonds is 2. The van der Waals surface area contributed by atoms with Gasteiger partial charge in [-0.15, -0.1) is 0 Å². The summed E-state index contributed by atoms with van der Waals surface area (Å²) in [6, 6.07) is 0. The molecule has 3 heterocycles. The van der Waals surface area contributed by atoms with E-state index in [1.165, 1.54) is 11.1 Å². The fraction of sp³-hybridized carbons (Fsp3) is 0.800. The van der Waals surface area contributed by atoms with Gasteiger partial charge in [0.2, 0.25) is 0 Å². The Labute approximate surface area is 148 Å².